The summed E-state index contributed by atoms with van der Waals surface area (Å²) in [6.07, 6.45) is -1.89. The Morgan fingerprint density at radius 3 is 2.39 bits per heavy atom. The molecule has 12 heteroatoms. The lowest BCUT2D eigenvalue weighted by Gasteiger charge is -2.44. The fraction of sp³-hybridized carbons (Fsp3) is 0.312. The summed E-state index contributed by atoms with van der Waals surface area (Å²) < 4.78 is 60.1. The van der Waals surface area contributed by atoms with Crippen LogP contribution < -0.4 is 10.6 Å². The van der Waals surface area contributed by atoms with Crippen molar-refractivity contribution in [1.82, 2.24) is 19.4 Å². The number of carbonyl (C=O) groups excluding carboxylic acids is 1. The van der Waals surface area contributed by atoms with Gasteiger partial charge in [0.05, 0.1) is 11.1 Å². The topological polar surface area (TPSA) is 71.3 Å². The van der Waals surface area contributed by atoms with Crippen molar-refractivity contribution in [3.05, 3.63) is 94.9 Å². The van der Waals surface area contributed by atoms with Gasteiger partial charge in [-0.15, -0.1) is 11.8 Å². The molecule has 0 spiro atoms. The van der Waals surface area contributed by atoms with Gasteiger partial charge in [0.1, 0.15) is 11.6 Å². The Balaban J connectivity index is 1.63. The molecule has 1 saturated heterocycles. The zero-order valence-corrected chi connectivity index (χ0v) is 24.8. The number of benzene rings is 2. The first-order valence-electron chi connectivity index (χ1n) is 14.2. The number of carbonyl (C=O) groups is 1. The first kappa shape index (κ1) is 29.9. The predicted octanol–water partition coefficient (Wildman–Crippen LogP) is 6.12. The van der Waals surface area contributed by atoms with Crippen molar-refractivity contribution in [2.24, 2.45) is 0 Å². The highest BCUT2D eigenvalue weighted by molar-refractivity contribution is 7.99. The molecule has 0 aliphatic carbocycles. The van der Waals surface area contributed by atoms with Crippen LogP contribution in [-0.4, -0.2) is 56.3 Å². The summed E-state index contributed by atoms with van der Waals surface area (Å²) in [7, 11) is 0. The minimum atomic E-state index is -4.77. The first-order chi connectivity index (χ1) is 21.0. The summed E-state index contributed by atoms with van der Waals surface area (Å²) in [5.74, 6) is -0.607. The number of anilines is 1. The van der Waals surface area contributed by atoms with Crippen LogP contribution in [0.15, 0.2) is 77.1 Å². The number of hydrogen-bond donors (Lipinski definition) is 0. The molecule has 2 aromatic heterocycles. The van der Waals surface area contributed by atoms with Gasteiger partial charge in [-0.1, -0.05) is 24.8 Å². The Morgan fingerprint density at radius 1 is 1.07 bits per heavy atom. The van der Waals surface area contributed by atoms with Gasteiger partial charge in [-0.25, -0.2) is 9.18 Å². The lowest BCUT2D eigenvalue weighted by atomic mass is 9.96. The lowest BCUT2D eigenvalue weighted by Crippen LogP contribution is -2.58. The highest BCUT2D eigenvalue weighted by Gasteiger charge is 2.40. The zero-order chi connectivity index (χ0) is 31.3. The molecule has 44 heavy (non-hydrogen) atoms. The molecule has 4 aromatic rings. The van der Waals surface area contributed by atoms with Crippen LogP contribution in [0.3, 0.4) is 0 Å². The van der Waals surface area contributed by atoms with Crippen molar-refractivity contribution in [2.45, 2.75) is 49.5 Å². The maximum absolute atomic E-state index is 14.9. The fourth-order valence-corrected chi connectivity index (χ4v) is 7.73. The maximum Gasteiger partial charge on any atom is 0.417 e. The third-order valence-corrected chi connectivity index (χ3v) is 9.48. The minimum absolute atomic E-state index is 0.106. The Bertz CT molecular complexity index is 1800. The van der Waals surface area contributed by atoms with Crippen molar-refractivity contribution < 1.29 is 22.4 Å². The molecule has 2 aliphatic rings. The van der Waals surface area contributed by atoms with Crippen LogP contribution in [0, 0.1) is 5.82 Å². The molecule has 0 N–H and O–H groups in total. The molecule has 2 aliphatic heterocycles. The molecule has 228 valence electrons. The molecular weight excluding hydrogens is 594 g/mol. The smallest absolute Gasteiger partial charge is 0.352 e. The number of pyridine rings is 1. The largest absolute Gasteiger partial charge is 0.417 e. The summed E-state index contributed by atoms with van der Waals surface area (Å²) >= 11 is 1.23. The van der Waals surface area contributed by atoms with Gasteiger partial charge in [0.25, 0.3) is 0 Å². The first-order valence-corrected chi connectivity index (χ1v) is 15.1. The number of aromatic nitrogens is 3. The molecule has 2 aromatic carbocycles. The van der Waals surface area contributed by atoms with Crippen LogP contribution in [0.5, 0.6) is 0 Å². The SMILES string of the molecule is C=CC(=O)N1[C@H](C)CN(c2nc(=O)n3c4c(c(-c5ccc(F)cc5)c(C(F)(F)F)cc24)SC[C@@H](c2ccccn2)C3)C[C@@H]1C. The summed E-state index contributed by atoms with van der Waals surface area (Å²) in [6.45, 7) is 7.95. The Hall–Kier alpha value is -4.19. The van der Waals surface area contributed by atoms with Crippen LogP contribution in [0.4, 0.5) is 23.4 Å². The van der Waals surface area contributed by atoms with Gasteiger partial charge in [0, 0.05) is 71.1 Å². The van der Waals surface area contributed by atoms with Gasteiger partial charge in [-0.2, -0.15) is 18.2 Å². The molecule has 4 heterocycles. The second-order valence-electron chi connectivity index (χ2n) is 11.2. The molecule has 1 amide bonds. The van der Waals surface area contributed by atoms with Crippen molar-refractivity contribution in [3.8, 4) is 11.1 Å². The van der Waals surface area contributed by atoms with Crippen molar-refractivity contribution in [3.63, 3.8) is 0 Å². The van der Waals surface area contributed by atoms with E-state index in [9.17, 15) is 27.2 Å². The predicted molar refractivity (Wildman–Crippen MR) is 162 cm³/mol. The molecule has 7 nitrogen and oxygen atoms in total. The molecule has 1 fully saturated rings. The van der Waals surface area contributed by atoms with Gasteiger partial charge in [-0.3, -0.25) is 14.3 Å². The molecule has 3 atom stereocenters. The van der Waals surface area contributed by atoms with E-state index < -0.39 is 23.2 Å². The van der Waals surface area contributed by atoms with Gasteiger partial charge >= 0.3 is 11.9 Å². The number of amides is 1. The van der Waals surface area contributed by atoms with Crippen molar-refractivity contribution in [1.29, 1.82) is 0 Å². The molecule has 6 rings (SSSR count). The van der Waals surface area contributed by atoms with Crippen LogP contribution in [0.1, 0.15) is 31.0 Å². The minimum Gasteiger partial charge on any atom is -0.352 e. The van der Waals surface area contributed by atoms with Gasteiger partial charge in [0.15, 0.2) is 0 Å². The second-order valence-corrected chi connectivity index (χ2v) is 12.2. The average molecular weight is 624 g/mol. The molecule has 0 saturated carbocycles. The fourth-order valence-electron chi connectivity index (χ4n) is 6.36. The number of thioether (sulfide) groups is 1. The van der Waals surface area contributed by atoms with E-state index in [1.54, 1.807) is 22.1 Å². The van der Waals surface area contributed by atoms with E-state index in [-0.39, 0.29) is 70.8 Å². The van der Waals surface area contributed by atoms with Crippen LogP contribution >= 0.6 is 11.8 Å². The van der Waals surface area contributed by atoms with E-state index >= 15 is 0 Å². The van der Waals surface area contributed by atoms with Gasteiger partial charge in [-0.05, 0) is 55.8 Å². The third-order valence-electron chi connectivity index (χ3n) is 8.22. The number of nitrogens with zero attached hydrogens (tertiary/aromatic N) is 5. The lowest BCUT2D eigenvalue weighted by molar-refractivity contribution is -0.137. The summed E-state index contributed by atoms with van der Waals surface area (Å²) in [5, 5.41) is 0.190. The summed E-state index contributed by atoms with van der Waals surface area (Å²) in [6, 6.07) is 10.8. The number of halogens is 4. The van der Waals surface area contributed by atoms with E-state index in [1.165, 1.54) is 34.5 Å². The number of piperazine rings is 1. The maximum atomic E-state index is 14.9. The highest BCUT2D eigenvalue weighted by Crippen LogP contribution is 2.49. The normalized spacial score (nSPS) is 20.5. The number of alkyl halides is 3. The molecule has 0 unspecified atom stereocenters. The number of hydrogen-bond acceptors (Lipinski definition) is 6. The Morgan fingerprint density at radius 2 is 1.77 bits per heavy atom. The van der Waals surface area contributed by atoms with E-state index in [4.69, 9.17) is 0 Å². The third kappa shape index (κ3) is 5.25. The van der Waals surface area contributed by atoms with Crippen molar-refractivity contribution >= 4 is 34.4 Å². The van der Waals surface area contributed by atoms with Crippen LogP contribution in [0.2, 0.25) is 0 Å². The van der Waals surface area contributed by atoms with E-state index in [0.717, 1.165) is 18.2 Å². The Kier molecular flexibility index (Phi) is 7.73. The summed E-state index contributed by atoms with van der Waals surface area (Å²) in [5.41, 5.74) is -0.347. The monoisotopic (exact) mass is 623 g/mol. The summed E-state index contributed by atoms with van der Waals surface area (Å²) in [4.78, 5) is 39.0. The van der Waals surface area contributed by atoms with Gasteiger partial charge in [0.2, 0.25) is 5.91 Å². The highest BCUT2D eigenvalue weighted by atomic mass is 32.2. The van der Waals surface area contributed by atoms with Crippen LogP contribution in [-0.2, 0) is 17.5 Å². The standard InChI is InChI=1S/C32H29F4N5O2S/c1-4-26(42)41-18(2)14-39(15-19(41)3)30-23-13-24(32(34,35)36)27(20-8-10-22(33)11-9-20)29-28(23)40(31(43)38-30)16-21(17-44-29)25-7-5-6-12-37-25/h4-13,18-19,21H,1,14-17H2,2-3H3/t18-,19+,21-/m0/s1. The van der Waals surface area contributed by atoms with Crippen molar-refractivity contribution in [2.75, 3.05) is 23.7 Å². The van der Waals surface area contributed by atoms with Gasteiger partial charge < -0.3 is 9.80 Å². The van der Waals surface area contributed by atoms with E-state index in [2.05, 4.69) is 16.5 Å². The average Bonchev–Trinajstić information content (AvgIpc) is 3.20. The molecular formula is C32H29F4N5O2S. The quantitative estimate of drug-likeness (QED) is 0.202. The Labute approximate surface area is 255 Å². The zero-order valence-electron chi connectivity index (χ0n) is 24.0. The number of rotatable bonds is 4. The van der Waals surface area contributed by atoms with Crippen LogP contribution in [0.25, 0.3) is 22.0 Å². The van der Waals surface area contributed by atoms with E-state index in [0.29, 0.717) is 17.0 Å². The molecule has 0 radical (unpaired) electrons. The van der Waals surface area contributed by atoms with E-state index in [1.807, 2.05) is 26.0 Å². The molecule has 0 bridgehead atoms. The second kappa shape index (κ2) is 11.4.